The van der Waals surface area contributed by atoms with Gasteiger partial charge in [-0.1, -0.05) is 201 Å². The standard InChI is InChI=1S/C42H82O2/c1-7-8-9-10-11-12-13-14-15-16-17-18-19-20-21-22-23-24-25-35-42(43)44-37-36-41(6)34-28-33-40(5)32-27-31-39(4)30-26-29-38(2)3/h36,38-40H,7-35,37H2,1-6H3. The van der Waals surface area contributed by atoms with Gasteiger partial charge in [0.1, 0.15) is 6.61 Å². The Morgan fingerprint density at radius 3 is 1.32 bits per heavy atom. The van der Waals surface area contributed by atoms with Crippen molar-refractivity contribution in [3.8, 4) is 0 Å². The van der Waals surface area contributed by atoms with E-state index in [0.717, 1.165) is 37.0 Å². The third kappa shape index (κ3) is 34.1. The molecule has 0 amide bonds. The van der Waals surface area contributed by atoms with Crippen LogP contribution in [0.25, 0.3) is 0 Å². The van der Waals surface area contributed by atoms with Gasteiger partial charge in [0.05, 0.1) is 0 Å². The highest BCUT2D eigenvalue weighted by molar-refractivity contribution is 5.69. The molecule has 0 aliphatic carbocycles. The van der Waals surface area contributed by atoms with E-state index in [1.54, 1.807) is 0 Å². The zero-order chi connectivity index (χ0) is 32.5. The molecule has 44 heavy (non-hydrogen) atoms. The average molecular weight is 619 g/mol. The van der Waals surface area contributed by atoms with Gasteiger partial charge >= 0.3 is 5.97 Å². The summed E-state index contributed by atoms with van der Waals surface area (Å²) in [6, 6.07) is 0. The third-order valence-corrected chi connectivity index (χ3v) is 9.80. The summed E-state index contributed by atoms with van der Waals surface area (Å²) in [6.45, 7) is 14.5. The lowest BCUT2D eigenvalue weighted by atomic mass is 9.91. The van der Waals surface area contributed by atoms with Crippen LogP contribution in [-0.2, 0) is 9.53 Å². The Kier molecular flexibility index (Phi) is 33.0. The fourth-order valence-corrected chi connectivity index (χ4v) is 6.51. The van der Waals surface area contributed by atoms with Crippen LogP contribution in [0.4, 0.5) is 0 Å². The van der Waals surface area contributed by atoms with Crippen molar-refractivity contribution >= 4 is 5.97 Å². The van der Waals surface area contributed by atoms with E-state index in [2.05, 4.69) is 47.6 Å². The van der Waals surface area contributed by atoms with Gasteiger partial charge in [-0.3, -0.25) is 4.79 Å². The van der Waals surface area contributed by atoms with Crippen LogP contribution in [0.1, 0.15) is 228 Å². The number of ether oxygens (including phenoxy) is 1. The highest BCUT2D eigenvalue weighted by Gasteiger charge is 2.07. The summed E-state index contributed by atoms with van der Waals surface area (Å²) in [4.78, 5) is 12.1. The molecule has 0 aliphatic rings. The largest absolute Gasteiger partial charge is 0.461 e. The highest BCUT2D eigenvalue weighted by Crippen LogP contribution is 2.22. The molecule has 0 aromatic carbocycles. The van der Waals surface area contributed by atoms with Gasteiger partial charge in [0.2, 0.25) is 0 Å². The molecule has 0 saturated carbocycles. The van der Waals surface area contributed by atoms with Gasteiger partial charge < -0.3 is 4.74 Å². The van der Waals surface area contributed by atoms with Crippen LogP contribution in [-0.4, -0.2) is 12.6 Å². The summed E-state index contributed by atoms with van der Waals surface area (Å²) in [5, 5.41) is 0. The molecular formula is C42H82O2. The molecule has 0 fully saturated rings. The number of rotatable bonds is 34. The zero-order valence-electron chi connectivity index (χ0n) is 31.3. The van der Waals surface area contributed by atoms with Gasteiger partial charge in [-0.2, -0.15) is 0 Å². The van der Waals surface area contributed by atoms with Crippen molar-refractivity contribution in [3.63, 3.8) is 0 Å². The van der Waals surface area contributed by atoms with Crippen molar-refractivity contribution in [1.29, 1.82) is 0 Å². The van der Waals surface area contributed by atoms with E-state index in [1.807, 2.05) is 0 Å². The maximum absolute atomic E-state index is 12.1. The van der Waals surface area contributed by atoms with Crippen LogP contribution in [0.5, 0.6) is 0 Å². The van der Waals surface area contributed by atoms with E-state index in [0.29, 0.717) is 13.0 Å². The molecule has 262 valence electrons. The zero-order valence-corrected chi connectivity index (χ0v) is 31.3. The normalized spacial score (nSPS) is 13.5. The molecule has 0 spiro atoms. The summed E-state index contributed by atoms with van der Waals surface area (Å²) >= 11 is 0. The molecule has 0 bridgehead atoms. The van der Waals surface area contributed by atoms with Crippen molar-refractivity contribution < 1.29 is 9.53 Å². The highest BCUT2D eigenvalue weighted by atomic mass is 16.5. The topological polar surface area (TPSA) is 26.3 Å². The second kappa shape index (κ2) is 33.6. The molecule has 2 unspecified atom stereocenters. The Balaban J connectivity index is 3.46. The fraction of sp³-hybridized carbons (Fsp3) is 0.929. The minimum Gasteiger partial charge on any atom is -0.461 e. The minimum atomic E-state index is -0.0203. The quantitative estimate of drug-likeness (QED) is 0.0407. The average Bonchev–Trinajstić information content (AvgIpc) is 2.98. The molecular weight excluding hydrogens is 536 g/mol. The van der Waals surface area contributed by atoms with Gasteiger partial charge in [-0.25, -0.2) is 0 Å². The van der Waals surface area contributed by atoms with E-state index in [-0.39, 0.29) is 5.97 Å². The second-order valence-corrected chi connectivity index (χ2v) is 15.2. The van der Waals surface area contributed by atoms with Crippen molar-refractivity contribution in [1.82, 2.24) is 0 Å². The van der Waals surface area contributed by atoms with Crippen LogP contribution in [0, 0.1) is 17.8 Å². The lowest BCUT2D eigenvalue weighted by Crippen LogP contribution is -2.04. The monoisotopic (exact) mass is 619 g/mol. The Morgan fingerprint density at radius 2 is 0.886 bits per heavy atom. The van der Waals surface area contributed by atoms with Gasteiger partial charge in [0.15, 0.2) is 0 Å². The Bertz CT molecular complexity index is 621. The van der Waals surface area contributed by atoms with Gasteiger partial charge in [0, 0.05) is 6.42 Å². The number of unbranched alkanes of at least 4 members (excludes halogenated alkanes) is 18. The number of carbonyl (C=O) groups is 1. The van der Waals surface area contributed by atoms with Crippen LogP contribution in [0.3, 0.4) is 0 Å². The van der Waals surface area contributed by atoms with E-state index in [4.69, 9.17) is 4.74 Å². The number of hydrogen-bond donors (Lipinski definition) is 0. The van der Waals surface area contributed by atoms with Crippen LogP contribution in [0.15, 0.2) is 11.6 Å². The SMILES string of the molecule is CCCCCCCCCCCCCCCCCCCCCC(=O)OCC=C(C)CCCC(C)CCCC(C)CCCC(C)C. The Morgan fingerprint density at radius 1 is 0.500 bits per heavy atom. The van der Waals surface area contributed by atoms with E-state index >= 15 is 0 Å². The van der Waals surface area contributed by atoms with Gasteiger partial charge in [-0.15, -0.1) is 0 Å². The maximum Gasteiger partial charge on any atom is 0.306 e. The third-order valence-electron chi connectivity index (χ3n) is 9.80. The smallest absolute Gasteiger partial charge is 0.306 e. The summed E-state index contributed by atoms with van der Waals surface area (Å²) in [5.74, 6) is 2.54. The molecule has 0 N–H and O–H groups in total. The molecule has 0 radical (unpaired) electrons. The summed E-state index contributed by atoms with van der Waals surface area (Å²) in [5.41, 5.74) is 1.37. The fourth-order valence-electron chi connectivity index (χ4n) is 6.51. The molecule has 2 nitrogen and oxygen atoms in total. The first-order valence-electron chi connectivity index (χ1n) is 20.2. The number of hydrogen-bond acceptors (Lipinski definition) is 2. The van der Waals surface area contributed by atoms with Crippen molar-refractivity contribution in [2.45, 2.75) is 228 Å². The number of allylic oxidation sites excluding steroid dienone is 1. The first-order valence-corrected chi connectivity index (χ1v) is 20.2. The molecule has 0 rings (SSSR count). The van der Waals surface area contributed by atoms with Crippen molar-refractivity contribution in [3.05, 3.63) is 11.6 Å². The van der Waals surface area contributed by atoms with Crippen LogP contribution in [0.2, 0.25) is 0 Å². The van der Waals surface area contributed by atoms with Gasteiger partial charge in [0.25, 0.3) is 0 Å². The van der Waals surface area contributed by atoms with Crippen molar-refractivity contribution in [2.75, 3.05) is 6.61 Å². The number of esters is 1. The Hall–Kier alpha value is -0.790. The predicted octanol–water partition coefficient (Wildman–Crippen LogP) is 14.7. The molecule has 0 aromatic rings. The van der Waals surface area contributed by atoms with E-state index in [1.165, 1.54) is 166 Å². The number of carbonyl (C=O) groups excluding carboxylic acids is 1. The maximum atomic E-state index is 12.1. The van der Waals surface area contributed by atoms with E-state index in [9.17, 15) is 4.79 Å². The molecule has 0 saturated heterocycles. The summed E-state index contributed by atoms with van der Waals surface area (Å²) in [6.07, 6.45) is 40.9. The van der Waals surface area contributed by atoms with Crippen molar-refractivity contribution in [2.24, 2.45) is 17.8 Å². The lowest BCUT2D eigenvalue weighted by Gasteiger charge is -2.15. The predicted molar refractivity (Wildman–Crippen MR) is 197 cm³/mol. The second-order valence-electron chi connectivity index (χ2n) is 15.2. The molecule has 2 atom stereocenters. The Labute approximate surface area is 278 Å². The van der Waals surface area contributed by atoms with Crippen LogP contribution >= 0.6 is 0 Å². The minimum absolute atomic E-state index is 0.0203. The van der Waals surface area contributed by atoms with Crippen LogP contribution < -0.4 is 0 Å². The lowest BCUT2D eigenvalue weighted by molar-refractivity contribution is -0.142. The van der Waals surface area contributed by atoms with E-state index < -0.39 is 0 Å². The van der Waals surface area contributed by atoms with Gasteiger partial charge in [-0.05, 0) is 50.0 Å². The molecule has 0 heterocycles. The summed E-state index contributed by atoms with van der Waals surface area (Å²) < 4.78 is 5.48. The first kappa shape index (κ1) is 43.2. The molecule has 2 heteroatoms. The molecule has 0 aromatic heterocycles. The summed E-state index contributed by atoms with van der Waals surface area (Å²) in [7, 11) is 0. The molecule has 0 aliphatic heterocycles. The first-order chi connectivity index (χ1) is 21.3.